The van der Waals surface area contributed by atoms with Crippen LogP contribution in [-0.2, 0) is 19.7 Å². The van der Waals surface area contributed by atoms with Gasteiger partial charge in [-0.05, 0) is 35.9 Å². The van der Waals surface area contributed by atoms with Crippen LogP contribution < -0.4 is 19.5 Å². The Morgan fingerprint density at radius 1 is 0.867 bits per heavy atom. The van der Waals surface area contributed by atoms with Crippen LogP contribution in [0.3, 0.4) is 0 Å². The number of rotatable bonds is 9. The summed E-state index contributed by atoms with van der Waals surface area (Å²) < 4.78 is 30.9. The largest absolute Gasteiger partial charge is 0.496 e. The maximum atomic E-state index is 13.2. The van der Waals surface area contributed by atoms with Gasteiger partial charge in [0.2, 0.25) is 0 Å². The summed E-state index contributed by atoms with van der Waals surface area (Å²) in [6.07, 6.45) is 0. The SMILES string of the molecule is COc1ccccc1CNCc1cc(OC)c(OCc2ccc(F)cc2Cl)cc1Br. The molecule has 0 heterocycles. The third-order valence-corrected chi connectivity index (χ3v) is 5.64. The molecule has 0 amide bonds. The van der Waals surface area contributed by atoms with Gasteiger partial charge in [-0.2, -0.15) is 0 Å². The molecule has 0 aliphatic carbocycles. The van der Waals surface area contributed by atoms with Crippen molar-refractivity contribution in [3.05, 3.63) is 86.6 Å². The average Bonchev–Trinajstić information content (AvgIpc) is 2.74. The second kappa shape index (κ2) is 10.7. The van der Waals surface area contributed by atoms with Gasteiger partial charge in [0.05, 0.1) is 19.2 Å². The number of nitrogens with one attached hydrogen (secondary N) is 1. The second-order valence-electron chi connectivity index (χ2n) is 6.53. The third kappa shape index (κ3) is 5.65. The summed E-state index contributed by atoms with van der Waals surface area (Å²) in [7, 11) is 3.26. The van der Waals surface area contributed by atoms with Crippen molar-refractivity contribution < 1.29 is 18.6 Å². The molecule has 3 aromatic rings. The van der Waals surface area contributed by atoms with E-state index in [2.05, 4.69) is 21.2 Å². The Hall–Kier alpha value is -2.28. The van der Waals surface area contributed by atoms with Crippen molar-refractivity contribution in [3.63, 3.8) is 0 Å². The van der Waals surface area contributed by atoms with E-state index in [-0.39, 0.29) is 12.4 Å². The van der Waals surface area contributed by atoms with E-state index in [1.165, 1.54) is 12.1 Å². The minimum Gasteiger partial charge on any atom is -0.496 e. The fraction of sp³-hybridized carbons (Fsp3) is 0.217. The molecule has 0 fully saturated rings. The molecule has 30 heavy (non-hydrogen) atoms. The average molecular weight is 495 g/mol. The summed E-state index contributed by atoms with van der Waals surface area (Å²) >= 11 is 9.68. The molecule has 0 unspecified atom stereocenters. The first kappa shape index (κ1) is 22.4. The molecular formula is C23H22BrClFNO3. The van der Waals surface area contributed by atoms with E-state index in [4.69, 9.17) is 25.8 Å². The van der Waals surface area contributed by atoms with Gasteiger partial charge < -0.3 is 19.5 Å². The van der Waals surface area contributed by atoms with Crippen LogP contribution in [0.15, 0.2) is 59.1 Å². The first-order chi connectivity index (χ1) is 14.5. The standard InChI is InChI=1S/C23H22BrClFNO3/c1-28-21-6-4-3-5-15(21)12-27-13-17-9-22(29-2)23(11-19(17)24)30-14-16-7-8-18(26)10-20(16)25/h3-11,27H,12-14H2,1-2H3. The van der Waals surface area contributed by atoms with Gasteiger partial charge in [-0.3, -0.25) is 0 Å². The number of benzene rings is 3. The first-order valence-corrected chi connectivity index (χ1v) is 10.4. The van der Waals surface area contributed by atoms with E-state index in [1.54, 1.807) is 20.3 Å². The molecule has 0 bridgehead atoms. The van der Waals surface area contributed by atoms with Crippen molar-refractivity contribution in [2.45, 2.75) is 19.7 Å². The smallest absolute Gasteiger partial charge is 0.162 e. The van der Waals surface area contributed by atoms with Crippen LogP contribution in [0, 0.1) is 5.82 Å². The van der Waals surface area contributed by atoms with Gasteiger partial charge in [-0.25, -0.2) is 4.39 Å². The van der Waals surface area contributed by atoms with Crippen molar-refractivity contribution in [2.75, 3.05) is 14.2 Å². The van der Waals surface area contributed by atoms with Crippen LogP contribution >= 0.6 is 27.5 Å². The molecule has 7 heteroatoms. The van der Waals surface area contributed by atoms with Gasteiger partial charge in [0.15, 0.2) is 11.5 Å². The van der Waals surface area contributed by atoms with E-state index < -0.39 is 0 Å². The third-order valence-electron chi connectivity index (χ3n) is 4.55. The molecule has 0 aliphatic rings. The topological polar surface area (TPSA) is 39.7 Å². The zero-order valence-electron chi connectivity index (χ0n) is 16.7. The number of hydrogen-bond acceptors (Lipinski definition) is 4. The minimum atomic E-state index is -0.381. The van der Waals surface area contributed by atoms with E-state index in [1.807, 2.05) is 36.4 Å². The van der Waals surface area contributed by atoms with E-state index in [0.717, 1.165) is 21.3 Å². The monoisotopic (exact) mass is 493 g/mol. The highest BCUT2D eigenvalue weighted by Gasteiger charge is 2.12. The molecule has 0 aliphatic heterocycles. The quantitative estimate of drug-likeness (QED) is 0.389. The molecule has 0 saturated carbocycles. The van der Waals surface area contributed by atoms with Crippen molar-refractivity contribution in [1.29, 1.82) is 0 Å². The highest BCUT2D eigenvalue weighted by atomic mass is 79.9. The predicted molar refractivity (Wildman–Crippen MR) is 120 cm³/mol. The predicted octanol–water partition coefficient (Wildman–Crippen LogP) is 6.13. The molecule has 4 nitrogen and oxygen atoms in total. The Bertz CT molecular complexity index is 1020. The zero-order chi connectivity index (χ0) is 21.5. The Balaban J connectivity index is 1.67. The Morgan fingerprint density at radius 2 is 1.60 bits per heavy atom. The lowest BCUT2D eigenvalue weighted by atomic mass is 10.1. The van der Waals surface area contributed by atoms with E-state index >= 15 is 0 Å². The normalized spacial score (nSPS) is 10.7. The van der Waals surface area contributed by atoms with Crippen LogP contribution in [0.2, 0.25) is 5.02 Å². The van der Waals surface area contributed by atoms with Crippen molar-refractivity contribution in [3.8, 4) is 17.2 Å². The van der Waals surface area contributed by atoms with Crippen molar-refractivity contribution in [2.24, 2.45) is 0 Å². The molecular weight excluding hydrogens is 473 g/mol. The van der Waals surface area contributed by atoms with Gasteiger partial charge in [-0.15, -0.1) is 0 Å². The van der Waals surface area contributed by atoms with Crippen LogP contribution in [0.1, 0.15) is 16.7 Å². The fourth-order valence-corrected chi connectivity index (χ4v) is 3.64. The molecule has 0 radical (unpaired) electrons. The summed E-state index contributed by atoms with van der Waals surface area (Å²) in [5, 5.41) is 3.74. The molecule has 1 N–H and O–H groups in total. The number of halogens is 3. The molecule has 0 aromatic heterocycles. The van der Waals surface area contributed by atoms with Gasteiger partial charge >= 0.3 is 0 Å². The molecule has 3 rings (SSSR count). The highest BCUT2D eigenvalue weighted by molar-refractivity contribution is 9.10. The first-order valence-electron chi connectivity index (χ1n) is 9.27. The lowest BCUT2D eigenvalue weighted by molar-refractivity contribution is 0.284. The summed E-state index contributed by atoms with van der Waals surface area (Å²) in [5.41, 5.74) is 2.80. The van der Waals surface area contributed by atoms with Crippen LogP contribution in [0.5, 0.6) is 17.2 Å². The summed E-state index contributed by atoms with van der Waals surface area (Å²) in [6, 6.07) is 15.9. The molecule has 0 atom stereocenters. The number of para-hydroxylation sites is 1. The summed E-state index contributed by atoms with van der Waals surface area (Å²) in [4.78, 5) is 0. The number of hydrogen-bond donors (Lipinski definition) is 1. The van der Waals surface area contributed by atoms with Gasteiger partial charge in [-0.1, -0.05) is 51.8 Å². The second-order valence-corrected chi connectivity index (χ2v) is 7.80. The fourth-order valence-electron chi connectivity index (χ4n) is 2.96. The Morgan fingerprint density at radius 3 is 2.33 bits per heavy atom. The molecule has 0 spiro atoms. The maximum Gasteiger partial charge on any atom is 0.162 e. The molecule has 0 saturated heterocycles. The number of methoxy groups -OCH3 is 2. The summed E-state index contributed by atoms with van der Waals surface area (Å²) in [6.45, 7) is 1.49. The van der Waals surface area contributed by atoms with Crippen molar-refractivity contribution >= 4 is 27.5 Å². The summed E-state index contributed by atoms with van der Waals surface area (Å²) in [5.74, 6) is 1.64. The Kier molecular flexibility index (Phi) is 7.96. The van der Waals surface area contributed by atoms with Gasteiger partial charge in [0.25, 0.3) is 0 Å². The molecule has 3 aromatic carbocycles. The lowest BCUT2D eigenvalue weighted by Crippen LogP contribution is -2.14. The van der Waals surface area contributed by atoms with E-state index in [9.17, 15) is 4.39 Å². The van der Waals surface area contributed by atoms with Crippen LogP contribution in [0.25, 0.3) is 0 Å². The van der Waals surface area contributed by atoms with Crippen molar-refractivity contribution in [1.82, 2.24) is 5.32 Å². The number of ether oxygens (including phenoxy) is 3. The Labute approximate surface area is 189 Å². The zero-order valence-corrected chi connectivity index (χ0v) is 19.0. The van der Waals surface area contributed by atoms with Gasteiger partial charge in [0, 0.05) is 28.7 Å². The maximum absolute atomic E-state index is 13.2. The van der Waals surface area contributed by atoms with Gasteiger partial charge in [0.1, 0.15) is 18.2 Å². The molecule has 158 valence electrons. The van der Waals surface area contributed by atoms with Crippen LogP contribution in [0.4, 0.5) is 4.39 Å². The lowest BCUT2D eigenvalue weighted by Gasteiger charge is -2.15. The minimum absolute atomic E-state index is 0.202. The van der Waals surface area contributed by atoms with Crippen LogP contribution in [-0.4, -0.2) is 14.2 Å². The van der Waals surface area contributed by atoms with E-state index in [0.29, 0.717) is 35.2 Å². The highest BCUT2D eigenvalue weighted by Crippen LogP contribution is 2.34.